The van der Waals surface area contributed by atoms with Crippen molar-refractivity contribution in [2.45, 2.75) is 42.7 Å². The lowest BCUT2D eigenvalue weighted by Crippen LogP contribution is -2.54. The summed E-state index contributed by atoms with van der Waals surface area (Å²) < 4.78 is 27.3. The van der Waals surface area contributed by atoms with Crippen LogP contribution in [0.5, 0.6) is 0 Å². The minimum absolute atomic E-state index is 0.0525. The average molecular weight is 414 g/mol. The van der Waals surface area contributed by atoms with Crippen molar-refractivity contribution >= 4 is 21.9 Å². The number of hydrogen-bond acceptors (Lipinski definition) is 5. The molecule has 152 valence electrons. The van der Waals surface area contributed by atoms with Gasteiger partial charge in [-0.05, 0) is 54.6 Å². The first-order valence-electron chi connectivity index (χ1n) is 9.59. The molecule has 1 amide bonds. The molecule has 0 spiro atoms. The Morgan fingerprint density at radius 3 is 2.55 bits per heavy atom. The van der Waals surface area contributed by atoms with E-state index in [2.05, 4.69) is 5.32 Å². The normalized spacial score (nSPS) is 18.7. The average Bonchev–Trinajstić information content (AvgIpc) is 3.31. The molecule has 1 aliphatic carbocycles. The van der Waals surface area contributed by atoms with Gasteiger partial charge in [0.25, 0.3) is 15.9 Å². The molecule has 1 heterocycles. The third kappa shape index (κ3) is 3.77. The van der Waals surface area contributed by atoms with Crippen LogP contribution < -0.4 is 5.32 Å². The van der Waals surface area contributed by atoms with Crippen LogP contribution in [0.4, 0.5) is 0 Å². The van der Waals surface area contributed by atoms with Crippen molar-refractivity contribution in [3.8, 4) is 0 Å². The number of benzene rings is 2. The maximum atomic E-state index is 13.4. The van der Waals surface area contributed by atoms with E-state index in [1.54, 1.807) is 24.3 Å². The standard InChI is InChI=1S/C21H22N2O5S/c24-20(18-10-5-11-22-18)23(29(27,28)16-8-2-1-3-9-16)19(21(25)26)13-15-7-4-6-14-12-17(14)15/h1-4,6-9,18-19,22H,5,10-13H2,(H,25,26)/t18-,19-/m0/s1. The Morgan fingerprint density at radius 1 is 1.14 bits per heavy atom. The lowest BCUT2D eigenvalue weighted by molar-refractivity contribution is -0.146. The lowest BCUT2D eigenvalue weighted by Gasteiger charge is -2.30. The highest BCUT2D eigenvalue weighted by Crippen LogP contribution is 2.33. The highest BCUT2D eigenvalue weighted by Gasteiger charge is 2.43. The van der Waals surface area contributed by atoms with Gasteiger partial charge in [0.2, 0.25) is 0 Å². The third-order valence-corrected chi connectivity index (χ3v) is 7.29. The monoisotopic (exact) mass is 414 g/mol. The minimum Gasteiger partial charge on any atom is -0.480 e. The van der Waals surface area contributed by atoms with Crippen LogP contribution >= 0.6 is 0 Å². The van der Waals surface area contributed by atoms with Crippen molar-refractivity contribution in [3.05, 3.63) is 65.2 Å². The number of carboxylic acids is 1. The van der Waals surface area contributed by atoms with E-state index in [4.69, 9.17) is 0 Å². The van der Waals surface area contributed by atoms with Gasteiger partial charge in [0, 0.05) is 6.42 Å². The lowest BCUT2D eigenvalue weighted by atomic mass is 10.0. The van der Waals surface area contributed by atoms with E-state index in [0.29, 0.717) is 17.3 Å². The third-order valence-electron chi connectivity index (χ3n) is 5.47. The Bertz CT molecular complexity index is 1050. The maximum Gasteiger partial charge on any atom is 0.328 e. The number of rotatable bonds is 7. The summed E-state index contributed by atoms with van der Waals surface area (Å²) in [4.78, 5) is 25.3. The van der Waals surface area contributed by atoms with Gasteiger partial charge in [-0.25, -0.2) is 17.5 Å². The summed E-state index contributed by atoms with van der Waals surface area (Å²) in [6.45, 7) is 0.597. The van der Waals surface area contributed by atoms with Gasteiger partial charge in [-0.2, -0.15) is 0 Å². The van der Waals surface area contributed by atoms with Crippen LogP contribution in [0.2, 0.25) is 0 Å². The van der Waals surface area contributed by atoms with Crippen molar-refractivity contribution in [1.29, 1.82) is 0 Å². The molecule has 2 N–H and O–H groups in total. The molecule has 1 saturated heterocycles. The van der Waals surface area contributed by atoms with E-state index in [1.165, 1.54) is 12.1 Å². The number of nitrogens with zero attached hydrogens (tertiary/aromatic N) is 1. The van der Waals surface area contributed by atoms with Crippen molar-refractivity contribution in [2.75, 3.05) is 6.54 Å². The maximum absolute atomic E-state index is 13.4. The summed E-state index contributed by atoms with van der Waals surface area (Å²) in [5.74, 6) is -2.05. The molecule has 0 unspecified atom stereocenters. The Kier molecular flexibility index (Phi) is 5.14. The van der Waals surface area contributed by atoms with Crippen LogP contribution in [0.15, 0.2) is 53.4 Å². The zero-order valence-corrected chi connectivity index (χ0v) is 16.6. The fourth-order valence-electron chi connectivity index (χ4n) is 3.87. The summed E-state index contributed by atoms with van der Waals surface area (Å²) >= 11 is 0. The summed E-state index contributed by atoms with van der Waals surface area (Å²) in [6.07, 6.45) is 1.94. The van der Waals surface area contributed by atoms with Gasteiger partial charge in [-0.3, -0.25) is 4.79 Å². The predicted octanol–water partition coefficient (Wildman–Crippen LogP) is 1.56. The van der Waals surface area contributed by atoms with Crippen molar-refractivity contribution in [1.82, 2.24) is 9.62 Å². The molecule has 2 aromatic rings. The number of carbonyl (C=O) groups is 2. The first kappa shape index (κ1) is 19.6. The number of carboxylic acid groups (broad SMARTS) is 1. The van der Waals surface area contributed by atoms with Gasteiger partial charge in [-0.1, -0.05) is 36.4 Å². The topological polar surface area (TPSA) is 104 Å². The number of sulfonamides is 1. The summed E-state index contributed by atoms with van der Waals surface area (Å²) in [5.41, 5.74) is 2.95. The fraction of sp³-hybridized carbons (Fsp3) is 0.333. The van der Waals surface area contributed by atoms with E-state index in [-0.39, 0.29) is 11.3 Å². The molecular weight excluding hydrogens is 392 g/mol. The largest absolute Gasteiger partial charge is 0.480 e. The molecule has 0 saturated carbocycles. The summed E-state index contributed by atoms with van der Waals surface area (Å²) in [5, 5.41) is 12.9. The van der Waals surface area contributed by atoms with Gasteiger partial charge in [-0.15, -0.1) is 0 Å². The number of hydrogen-bond donors (Lipinski definition) is 2. The fourth-order valence-corrected chi connectivity index (χ4v) is 5.46. The second-order valence-corrected chi connectivity index (χ2v) is 9.21. The van der Waals surface area contributed by atoms with Crippen molar-refractivity contribution < 1.29 is 23.1 Å². The Morgan fingerprint density at radius 2 is 1.90 bits per heavy atom. The van der Waals surface area contributed by atoms with E-state index >= 15 is 0 Å². The molecular formula is C21H22N2O5S. The number of fused-ring (bicyclic) bond motifs is 1. The molecule has 0 bridgehead atoms. The first-order valence-corrected chi connectivity index (χ1v) is 11.0. The van der Waals surface area contributed by atoms with E-state index in [0.717, 1.165) is 29.5 Å². The molecule has 2 aliphatic rings. The van der Waals surface area contributed by atoms with Crippen molar-refractivity contribution in [3.63, 3.8) is 0 Å². The van der Waals surface area contributed by atoms with E-state index < -0.39 is 34.0 Å². The molecule has 0 aromatic heterocycles. The Balaban J connectivity index is 1.76. The van der Waals surface area contributed by atoms with Crippen LogP contribution in [-0.2, 0) is 32.5 Å². The van der Waals surface area contributed by atoms with Gasteiger partial charge in [0.15, 0.2) is 0 Å². The molecule has 1 aliphatic heterocycles. The number of carbonyl (C=O) groups excluding carboxylic acids is 1. The first-order chi connectivity index (χ1) is 13.9. The Labute approximate surface area is 169 Å². The van der Waals surface area contributed by atoms with Crippen molar-refractivity contribution in [2.24, 2.45) is 0 Å². The van der Waals surface area contributed by atoms with Gasteiger partial charge < -0.3 is 10.4 Å². The molecule has 8 heteroatoms. The summed E-state index contributed by atoms with van der Waals surface area (Å²) in [7, 11) is -4.33. The number of aliphatic carboxylic acids is 1. The molecule has 29 heavy (non-hydrogen) atoms. The predicted molar refractivity (Wildman–Crippen MR) is 106 cm³/mol. The molecule has 4 rings (SSSR count). The van der Waals surface area contributed by atoms with Crippen LogP contribution in [0.1, 0.15) is 29.5 Å². The summed E-state index contributed by atoms with van der Waals surface area (Å²) in [6, 6.07) is 10.9. The molecule has 2 atom stereocenters. The van der Waals surface area contributed by atoms with Gasteiger partial charge in [0.1, 0.15) is 6.04 Å². The SMILES string of the molecule is O=C(O)[C@H](Cc1cccc2c1C2)N(C(=O)[C@@H]1CCCN1)S(=O)(=O)c1ccccc1. The number of nitrogens with one attached hydrogen (secondary N) is 1. The van der Waals surface area contributed by atoms with Gasteiger partial charge in [0.05, 0.1) is 10.9 Å². The zero-order valence-electron chi connectivity index (χ0n) is 15.7. The van der Waals surface area contributed by atoms with Crippen LogP contribution in [0.3, 0.4) is 0 Å². The van der Waals surface area contributed by atoms with E-state index in [1.807, 2.05) is 12.1 Å². The van der Waals surface area contributed by atoms with Gasteiger partial charge >= 0.3 is 5.97 Å². The smallest absolute Gasteiger partial charge is 0.328 e. The van der Waals surface area contributed by atoms with Crippen LogP contribution in [0.25, 0.3) is 0 Å². The minimum atomic E-state index is -4.33. The molecule has 7 nitrogen and oxygen atoms in total. The zero-order chi connectivity index (χ0) is 20.6. The second-order valence-electron chi connectivity index (χ2n) is 7.39. The second kappa shape index (κ2) is 7.61. The molecule has 1 fully saturated rings. The molecule has 2 aromatic carbocycles. The van der Waals surface area contributed by atoms with Crippen LogP contribution in [-0.4, -0.2) is 48.3 Å². The Hall–Kier alpha value is -2.71. The number of amides is 1. The highest BCUT2D eigenvalue weighted by molar-refractivity contribution is 7.89. The highest BCUT2D eigenvalue weighted by atomic mass is 32.2. The van der Waals surface area contributed by atoms with E-state index in [9.17, 15) is 23.1 Å². The quantitative estimate of drug-likeness (QED) is 0.608. The molecule has 0 radical (unpaired) electrons. The van der Waals surface area contributed by atoms with Crippen LogP contribution in [0, 0.1) is 0 Å².